The molecule has 134 valence electrons. The van der Waals surface area contributed by atoms with E-state index >= 15 is 0 Å². The van der Waals surface area contributed by atoms with Crippen LogP contribution in [0.3, 0.4) is 0 Å². The molecule has 0 aliphatic carbocycles. The van der Waals surface area contributed by atoms with Gasteiger partial charge in [0.2, 0.25) is 0 Å². The van der Waals surface area contributed by atoms with Crippen LogP contribution >= 0.6 is 0 Å². The molecule has 1 aromatic carbocycles. The summed E-state index contributed by atoms with van der Waals surface area (Å²) in [6, 6.07) is 8.47. The Morgan fingerprint density at radius 2 is 1.58 bits per heavy atom. The molecule has 1 aliphatic heterocycles. The molecule has 2 amide bonds. The number of amides is 2. The molecule has 1 heterocycles. The van der Waals surface area contributed by atoms with Crippen molar-refractivity contribution in [3.63, 3.8) is 0 Å². The molecule has 0 unspecified atom stereocenters. The lowest BCUT2D eigenvalue weighted by Gasteiger charge is -2.34. The third-order valence-corrected chi connectivity index (χ3v) is 4.91. The number of benzene rings is 1. The van der Waals surface area contributed by atoms with Gasteiger partial charge >= 0.3 is 6.03 Å². The molecule has 1 N–H and O–H groups in total. The summed E-state index contributed by atoms with van der Waals surface area (Å²) in [5.74, 6) is 0. The summed E-state index contributed by atoms with van der Waals surface area (Å²) < 4.78 is 0. The largest absolute Gasteiger partial charge is 0.334 e. The Labute approximate surface area is 146 Å². The summed E-state index contributed by atoms with van der Waals surface area (Å²) in [7, 11) is 0. The molecule has 0 saturated carbocycles. The summed E-state index contributed by atoms with van der Waals surface area (Å²) in [5.41, 5.74) is 2.54. The maximum absolute atomic E-state index is 12.1. The van der Waals surface area contributed by atoms with Gasteiger partial charge in [-0.05, 0) is 31.5 Å². The van der Waals surface area contributed by atoms with Crippen LogP contribution in [0.4, 0.5) is 4.79 Å². The molecule has 0 aromatic heterocycles. The third-order valence-electron chi connectivity index (χ3n) is 4.91. The molecule has 0 radical (unpaired) electrons. The van der Waals surface area contributed by atoms with Crippen LogP contribution in [0.2, 0.25) is 0 Å². The van der Waals surface area contributed by atoms with Gasteiger partial charge in [0.25, 0.3) is 0 Å². The first-order valence-corrected chi connectivity index (χ1v) is 9.22. The zero-order valence-electron chi connectivity index (χ0n) is 15.4. The highest BCUT2D eigenvalue weighted by Gasteiger charge is 2.17. The molecule has 0 atom stereocenters. The Kier molecular flexibility index (Phi) is 7.53. The van der Waals surface area contributed by atoms with Gasteiger partial charge in [-0.2, -0.15) is 0 Å². The normalized spacial score (nSPS) is 16.1. The minimum atomic E-state index is 0.0198. The topological polar surface area (TPSA) is 38.8 Å². The molecule has 0 bridgehead atoms. The van der Waals surface area contributed by atoms with Gasteiger partial charge in [0.05, 0.1) is 0 Å². The first-order chi connectivity index (χ1) is 11.7. The Hall–Kier alpha value is -1.59. The maximum atomic E-state index is 12.1. The lowest BCUT2D eigenvalue weighted by atomic mass is 10.1. The molecule has 5 heteroatoms. The van der Waals surface area contributed by atoms with Gasteiger partial charge in [0.1, 0.15) is 0 Å². The fraction of sp³-hybridized carbons (Fsp3) is 0.632. The second-order valence-electron chi connectivity index (χ2n) is 6.31. The molecule has 1 saturated heterocycles. The molecule has 5 nitrogen and oxygen atoms in total. The molecule has 2 rings (SSSR count). The molecule has 24 heavy (non-hydrogen) atoms. The van der Waals surface area contributed by atoms with Crippen molar-refractivity contribution in [2.24, 2.45) is 0 Å². The number of carbonyl (C=O) groups excluding carboxylic acids is 1. The van der Waals surface area contributed by atoms with E-state index in [0.717, 1.165) is 52.4 Å². The van der Waals surface area contributed by atoms with Crippen LogP contribution in [0.15, 0.2) is 24.3 Å². The number of piperazine rings is 1. The van der Waals surface area contributed by atoms with Gasteiger partial charge in [-0.15, -0.1) is 0 Å². The van der Waals surface area contributed by atoms with E-state index in [1.54, 1.807) is 0 Å². The van der Waals surface area contributed by atoms with Gasteiger partial charge < -0.3 is 15.1 Å². The number of hydrogen-bond acceptors (Lipinski definition) is 3. The van der Waals surface area contributed by atoms with Crippen LogP contribution in [0.5, 0.6) is 0 Å². The fourth-order valence-corrected chi connectivity index (χ4v) is 3.18. The lowest BCUT2D eigenvalue weighted by molar-refractivity contribution is 0.131. The highest BCUT2D eigenvalue weighted by molar-refractivity contribution is 5.74. The van der Waals surface area contributed by atoms with Crippen LogP contribution in [-0.2, 0) is 13.1 Å². The quantitative estimate of drug-likeness (QED) is 0.833. The van der Waals surface area contributed by atoms with Crippen molar-refractivity contribution in [1.82, 2.24) is 20.0 Å². The average molecular weight is 332 g/mol. The molecule has 1 aromatic rings. The van der Waals surface area contributed by atoms with Crippen molar-refractivity contribution >= 4 is 6.03 Å². The Morgan fingerprint density at radius 1 is 1.00 bits per heavy atom. The molecule has 1 aliphatic rings. The van der Waals surface area contributed by atoms with Crippen molar-refractivity contribution in [1.29, 1.82) is 0 Å². The van der Waals surface area contributed by atoms with Crippen molar-refractivity contribution in [3.8, 4) is 0 Å². The number of nitrogens with one attached hydrogen (secondary N) is 1. The maximum Gasteiger partial charge on any atom is 0.317 e. The molecular weight excluding hydrogens is 300 g/mol. The summed E-state index contributed by atoms with van der Waals surface area (Å²) in [4.78, 5) is 19.0. The van der Waals surface area contributed by atoms with Gasteiger partial charge in [0, 0.05) is 52.4 Å². The van der Waals surface area contributed by atoms with E-state index in [0.29, 0.717) is 6.54 Å². The van der Waals surface area contributed by atoms with Crippen LogP contribution in [-0.4, -0.2) is 66.5 Å². The van der Waals surface area contributed by atoms with E-state index in [9.17, 15) is 4.79 Å². The van der Waals surface area contributed by atoms with Gasteiger partial charge in [-0.25, -0.2) is 4.79 Å². The number of carbonyl (C=O) groups is 1. The first kappa shape index (κ1) is 18.7. The summed E-state index contributed by atoms with van der Waals surface area (Å²) in [5, 5.41) is 3.05. The monoisotopic (exact) mass is 332 g/mol. The number of likely N-dealkylation sites (N-methyl/N-ethyl adjacent to an activating group) is 1. The van der Waals surface area contributed by atoms with E-state index in [2.05, 4.69) is 46.3 Å². The van der Waals surface area contributed by atoms with Gasteiger partial charge in [-0.1, -0.05) is 31.2 Å². The Balaban J connectivity index is 1.91. The molecule has 0 spiro atoms. The zero-order chi connectivity index (χ0) is 17.4. The number of nitrogens with zero attached hydrogens (tertiary/aromatic N) is 3. The fourth-order valence-electron chi connectivity index (χ4n) is 3.18. The first-order valence-electron chi connectivity index (χ1n) is 9.22. The van der Waals surface area contributed by atoms with Crippen molar-refractivity contribution in [3.05, 3.63) is 35.4 Å². The Morgan fingerprint density at radius 3 is 2.17 bits per heavy atom. The summed E-state index contributed by atoms with van der Waals surface area (Å²) in [6.45, 7) is 15.0. The number of hydrogen-bond donors (Lipinski definition) is 1. The van der Waals surface area contributed by atoms with E-state index in [1.807, 2.05) is 18.7 Å². The highest BCUT2D eigenvalue weighted by Crippen LogP contribution is 2.13. The Bertz CT molecular complexity index is 508. The lowest BCUT2D eigenvalue weighted by Crippen LogP contribution is -2.45. The number of rotatable bonds is 7. The van der Waals surface area contributed by atoms with E-state index < -0.39 is 0 Å². The minimum absolute atomic E-state index is 0.0198. The third kappa shape index (κ3) is 5.21. The zero-order valence-corrected chi connectivity index (χ0v) is 15.4. The van der Waals surface area contributed by atoms with Crippen molar-refractivity contribution < 1.29 is 4.79 Å². The smallest absolute Gasteiger partial charge is 0.317 e. The second kappa shape index (κ2) is 9.64. The van der Waals surface area contributed by atoms with E-state index in [-0.39, 0.29) is 6.03 Å². The highest BCUT2D eigenvalue weighted by atomic mass is 16.2. The standard InChI is InChI=1S/C19H32N4O/c1-4-21-11-13-22(14-12-21)16-18-10-8-7-9-17(18)15-20-19(24)23(5-2)6-3/h7-10H,4-6,11-16H2,1-3H3,(H,20,24). The summed E-state index contributed by atoms with van der Waals surface area (Å²) in [6.07, 6.45) is 0. The SMILES string of the molecule is CCN1CCN(Cc2ccccc2CNC(=O)N(CC)CC)CC1. The predicted octanol–water partition coefficient (Wildman–Crippen LogP) is 2.38. The number of urea groups is 1. The minimum Gasteiger partial charge on any atom is -0.334 e. The molecular formula is C19H32N4O. The molecule has 1 fully saturated rings. The average Bonchev–Trinajstić information content (AvgIpc) is 2.62. The van der Waals surface area contributed by atoms with E-state index in [1.165, 1.54) is 11.1 Å². The van der Waals surface area contributed by atoms with E-state index in [4.69, 9.17) is 0 Å². The van der Waals surface area contributed by atoms with Crippen molar-refractivity contribution in [2.75, 3.05) is 45.8 Å². The van der Waals surface area contributed by atoms with Crippen molar-refractivity contribution in [2.45, 2.75) is 33.9 Å². The van der Waals surface area contributed by atoms with Crippen LogP contribution < -0.4 is 5.32 Å². The van der Waals surface area contributed by atoms with Crippen LogP contribution in [0, 0.1) is 0 Å². The van der Waals surface area contributed by atoms with Gasteiger partial charge in [-0.3, -0.25) is 4.90 Å². The predicted molar refractivity (Wildman–Crippen MR) is 99.0 cm³/mol. The summed E-state index contributed by atoms with van der Waals surface area (Å²) >= 11 is 0. The van der Waals surface area contributed by atoms with Crippen LogP contribution in [0.25, 0.3) is 0 Å². The van der Waals surface area contributed by atoms with Crippen LogP contribution in [0.1, 0.15) is 31.9 Å². The second-order valence-corrected chi connectivity index (χ2v) is 6.31. The van der Waals surface area contributed by atoms with Gasteiger partial charge in [0.15, 0.2) is 0 Å².